The monoisotopic (exact) mass is 170 g/mol. The second kappa shape index (κ2) is 3.03. The number of halogens is 1. The van der Waals surface area contributed by atoms with Gasteiger partial charge in [-0.1, -0.05) is 11.6 Å². The molecule has 1 aromatic rings. The lowest BCUT2D eigenvalue weighted by atomic mass is 10.1. The minimum Gasteiger partial charge on any atom is -0.325 e. The van der Waals surface area contributed by atoms with Crippen LogP contribution in [-0.2, 0) is 0 Å². The SMILES string of the molecule is CC(=O)c1cc([NH3+])ccc1Cl. The zero-order valence-corrected chi connectivity index (χ0v) is 6.98. The second-order valence-corrected chi connectivity index (χ2v) is 2.78. The van der Waals surface area contributed by atoms with E-state index in [0.717, 1.165) is 5.69 Å². The first-order chi connectivity index (χ1) is 5.11. The Morgan fingerprint density at radius 3 is 2.64 bits per heavy atom. The lowest BCUT2D eigenvalue weighted by Crippen LogP contribution is -2.40. The van der Waals surface area contributed by atoms with Crippen molar-refractivity contribution in [1.29, 1.82) is 0 Å². The van der Waals surface area contributed by atoms with Crippen LogP contribution in [0, 0.1) is 0 Å². The quantitative estimate of drug-likeness (QED) is 0.637. The molecule has 1 rings (SSSR count). The van der Waals surface area contributed by atoms with Crippen LogP contribution in [0.3, 0.4) is 0 Å². The van der Waals surface area contributed by atoms with Crippen LogP contribution in [0.2, 0.25) is 5.02 Å². The van der Waals surface area contributed by atoms with E-state index in [0.29, 0.717) is 10.6 Å². The van der Waals surface area contributed by atoms with Gasteiger partial charge in [0.2, 0.25) is 0 Å². The highest BCUT2D eigenvalue weighted by Gasteiger charge is 2.05. The highest BCUT2D eigenvalue weighted by Crippen LogP contribution is 2.18. The van der Waals surface area contributed by atoms with E-state index >= 15 is 0 Å². The van der Waals surface area contributed by atoms with E-state index in [1.165, 1.54) is 6.92 Å². The van der Waals surface area contributed by atoms with Crippen molar-refractivity contribution in [3.8, 4) is 0 Å². The molecule has 0 fully saturated rings. The molecule has 0 aliphatic carbocycles. The van der Waals surface area contributed by atoms with E-state index in [1.807, 2.05) is 0 Å². The highest BCUT2D eigenvalue weighted by molar-refractivity contribution is 6.33. The van der Waals surface area contributed by atoms with Gasteiger partial charge in [-0.2, -0.15) is 0 Å². The van der Waals surface area contributed by atoms with Gasteiger partial charge in [0.05, 0.1) is 5.02 Å². The number of hydrogen-bond acceptors (Lipinski definition) is 1. The van der Waals surface area contributed by atoms with Crippen LogP contribution < -0.4 is 5.73 Å². The summed E-state index contributed by atoms with van der Waals surface area (Å²) in [5, 5.41) is 0.491. The molecule has 0 aromatic heterocycles. The van der Waals surface area contributed by atoms with Gasteiger partial charge in [-0.25, -0.2) is 0 Å². The van der Waals surface area contributed by atoms with Crippen LogP contribution in [0.25, 0.3) is 0 Å². The fraction of sp³-hybridized carbons (Fsp3) is 0.125. The predicted octanol–water partition coefficient (Wildman–Crippen LogP) is 1.42. The molecule has 0 radical (unpaired) electrons. The zero-order chi connectivity index (χ0) is 8.43. The molecule has 0 saturated carbocycles. The molecule has 0 aliphatic heterocycles. The first-order valence-electron chi connectivity index (χ1n) is 3.23. The maximum Gasteiger partial charge on any atom is 0.161 e. The second-order valence-electron chi connectivity index (χ2n) is 2.37. The zero-order valence-electron chi connectivity index (χ0n) is 6.23. The maximum absolute atomic E-state index is 10.9. The van der Waals surface area contributed by atoms with Crippen LogP contribution in [0.5, 0.6) is 0 Å². The summed E-state index contributed by atoms with van der Waals surface area (Å²) in [6.07, 6.45) is 0. The molecule has 0 heterocycles. The summed E-state index contributed by atoms with van der Waals surface area (Å²) >= 11 is 5.74. The maximum atomic E-state index is 10.9. The van der Waals surface area contributed by atoms with E-state index in [9.17, 15) is 4.79 Å². The number of carbonyl (C=O) groups is 1. The van der Waals surface area contributed by atoms with Gasteiger partial charge in [-0.15, -0.1) is 0 Å². The average Bonchev–Trinajstić information content (AvgIpc) is 1.94. The lowest BCUT2D eigenvalue weighted by Gasteiger charge is -1.97. The van der Waals surface area contributed by atoms with Gasteiger partial charge in [-0.05, 0) is 13.0 Å². The summed E-state index contributed by atoms with van der Waals surface area (Å²) in [7, 11) is 0. The highest BCUT2D eigenvalue weighted by atomic mass is 35.5. The summed E-state index contributed by atoms with van der Waals surface area (Å²) in [4.78, 5) is 10.9. The first kappa shape index (κ1) is 8.24. The van der Waals surface area contributed by atoms with Crippen molar-refractivity contribution in [2.75, 3.05) is 0 Å². The van der Waals surface area contributed by atoms with Crippen molar-refractivity contribution in [3.05, 3.63) is 28.8 Å². The molecule has 2 nitrogen and oxygen atoms in total. The van der Waals surface area contributed by atoms with Gasteiger partial charge in [0, 0.05) is 17.7 Å². The molecule has 11 heavy (non-hydrogen) atoms. The fourth-order valence-corrected chi connectivity index (χ4v) is 1.09. The summed E-state index contributed by atoms with van der Waals surface area (Å²) in [6, 6.07) is 5.14. The van der Waals surface area contributed by atoms with E-state index in [-0.39, 0.29) is 5.78 Å². The minimum absolute atomic E-state index is 0.0273. The third-order valence-corrected chi connectivity index (χ3v) is 1.74. The van der Waals surface area contributed by atoms with Gasteiger partial charge >= 0.3 is 0 Å². The van der Waals surface area contributed by atoms with Gasteiger partial charge in [0.15, 0.2) is 5.78 Å². The summed E-state index contributed by atoms with van der Waals surface area (Å²) < 4.78 is 0. The van der Waals surface area contributed by atoms with Gasteiger partial charge in [-0.3, -0.25) is 4.79 Å². The Morgan fingerprint density at radius 1 is 1.55 bits per heavy atom. The van der Waals surface area contributed by atoms with Crippen molar-refractivity contribution in [3.63, 3.8) is 0 Å². The standard InChI is InChI=1S/C8H8ClNO/c1-5(11)7-4-6(10)2-3-8(7)9/h2-4H,10H2,1H3/p+1. The van der Waals surface area contributed by atoms with E-state index in [1.54, 1.807) is 18.2 Å². The Labute approximate surface area is 70.0 Å². The smallest absolute Gasteiger partial charge is 0.161 e. The molecule has 0 atom stereocenters. The number of hydrogen-bond donors (Lipinski definition) is 1. The van der Waals surface area contributed by atoms with Gasteiger partial charge in [0.1, 0.15) is 5.69 Å². The van der Waals surface area contributed by atoms with Crippen LogP contribution in [-0.4, -0.2) is 5.78 Å². The minimum atomic E-state index is -0.0273. The topological polar surface area (TPSA) is 44.7 Å². The third-order valence-electron chi connectivity index (χ3n) is 1.41. The van der Waals surface area contributed by atoms with Crippen molar-refractivity contribution < 1.29 is 10.5 Å². The number of Topliss-reactive ketones (excluding diaryl/α,β-unsaturated/α-hetero) is 1. The predicted molar refractivity (Wildman–Crippen MR) is 44.0 cm³/mol. The molecule has 3 heteroatoms. The molecule has 1 aromatic carbocycles. The Balaban J connectivity index is 3.23. The first-order valence-corrected chi connectivity index (χ1v) is 3.61. The van der Waals surface area contributed by atoms with Crippen molar-refractivity contribution in [2.45, 2.75) is 6.92 Å². The van der Waals surface area contributed by atoms with Crippen LogP contribution in [0.15, 0.2) is 18.2 Å². The fourth-order valence-electron chi connectivity index (χ4n) is 0.842. The van der Waals surface area contributed by atoms with E-state index in [2.05, 4.69) is 5.73 Å². The number of rotatable bonds is 1. The number of benzene rings is 1. The Morgan fingerprint density at radius 2 is 2.18 bits per heavy atom. The molecule has 3 N–H and O–H groups in total. The summed E-state index contributed by atoms with van der Waals surface area (Å²) in [6.45, 7) is 1.49. The number of ketones is 1. The lowest BCUT2D eigenvalue weighted by molar-refractivity contribution is -0.254. The van der Waals surface area contributed by atoms with E-state index < -0.39 is 0 Å². The molecule has 58 valence electrons. The van der Waals surface area contributed by atoms with Crippen molar-refractivity contribution >= 4 is 23.1 Å². The van der Waals surface area contributed by atoms with Crippen molar-refractivity contribution in [1.82, 2.24) is 0 Å². The Hall–Kier alpha value is -0.860. The van der Waals surface area contributed by atoms with E-state index in [4.69, 9.17) is 11.6 Å². The molecule has 0 bridgehead atoms. The number of carbonyl (C=O) groups excluding carboxylic acids is 1. The van der Waals surface area contributed by atoms with Crippen molar-refractivity contribution in [2.24, 2.45) is 0 Å². The van der Waals surface area contributed by atoms with Crippen LogP contribution in [0.4, 0.5) is 5.69 Å². The summed E-state index contributed by atoms with van der Waals surface area (Å²) in [5.74, 6) is -0.0273. The van der Waals surface area contributed by atoms with Gasteiger partial charge in [0.25, 0.3) is 0 Å². The molecule has 0 amide bonds. The molecule has 0 spiro atoms. The molecular formula is C8H9ClNO+. The molecule has 0 saturated heterocycles. The largest absolute Gasteiger partial charge is 0.325 e. The van der Waals surface area contributed by atoms with Crippen LogP contribution in [0.1, 0.15) is 17.3 Å². The average molecular weight is 171 g/mol. The molecule has 0 unspecified atom stereocenters. The summed E-state index contributed by atoms with van der Waals surface area (Å²) in [5.41, 5.74) is 5.04. The number of quaternary nitrogens is 1. The van der Waals surface area contributed by atoms with Crippen LogP contribution >= 0.6 is 11.6 Å². The third kappa shape index (κ3) is 1.79. The molecule has 0 aliphatic rings. The van der Waals surface area contributed by atoms with Gasteiger partial charge < -0.3 is 5.73 Å². The molecular weight excluding hydrogens is 162 g/mol. The Kier molecular flexibility index (Phi) is 2.27. The Bertz CT molecular complexity index is 296. The normalized spacial score (nSPS) is 9.73.